The second kappa shape index (κ2) is 8.58. The molecule has 2 amide bonds. The Hall–Kier alpha value is -3.08. The molecule has 2 heterocycles. The Kier molecular flexibility index (Phi) is 5.86. The molecule has 162 valence electrons. The van der Waals surface area contributed by atoms with Gasteiger partial charge in [0, 0.05) is 13.1 Å². The number of hydrogen-bond acceptors (Lipinski definition) is 4. The van der Waals surface area contributed by atoms with Crippen molar-refractivity contribution in [1.29, 1.82) is 0 Å². The maximum Gasteiger partial charge on any atom is 0.282 e. The molecule has 1 saturated heterocycles. The third kappa shape index (κ3) is 3.97. The van der Waals surface area contributed by atoms with Crippen LogP contribution in [0.4, 0.5) is 5.69 Å². The van der Waals surface area contributed by atoms with E-state index in [1.807, 2.05) is 32.9 Å². The molecule has 5 heteroatoms. The molecule has 2 aromatic rings. The summed E-state index contributed by atoms with van der Waals surface area (Å²) in [6, 6.07) is 13.2. The third-order valence-electron chi connectivity index (χ3n) is 6.22. The van der Waals surface area contributed by atoms with Gasteiger partial charge in [-0.2, -0.15) is 0 Å². The molecule has 5 nitrogen and oxygen atoms in total. The number of carbonyl (C=O) groups is 2. The summed E-state index contributed by atoms with van der Waals surface area (Å²) < 4.78 is 5.51. The summed E-state index contributed by atoms with van der Waals surface area (Å²) in [5.74, 6) is 0.863. The zero-order valence-electron chi connectivity index (χ0n) is 18.8. The Labute approximate surface area is 184 Å². The van der Waals surface area contributed by atoms with E-state index in [1.165, 1.54) is 4.90 Å². The van der Waals surface area contributed by atoms with Crippen molar-refractivity contribution in [2.24, 2.45) is 5.92 Å². The Morgan fingerprint density at radius 1 is 0.968 bits per heavy atom. The standard InChI is InChI=1S/C26H30N2O3/c1-5-31-21-9-7-20(8-10-21)28-25(29)23(22-11-6-18(3)16-19(22)4)24(26(28)30)27-14-12-17(2)13-15-27/h6-11,16-17H,5,12-15H2,1-4H3. The van der Waals surface area contributed by atoms with E-state index in [-0.39, 0.29) is 11.8 Å². The summed E-state index contributed by atoms with van der Waals surface area (Å²) in [5, 5.41) is 0. The van der Waals surface area contributed by atoms with Gasteiger partial charge in [-0.15, -0.1) is 0 Å². The number of aryl methyl sites for hydroxylation is 2. The van der Waals surface area contributed by atoms with Crippen LogP contribution in [-0.4, -0.2) is 36.4 Å². The number of rotatable bonds is 5. The summed E-state index contributed by atoms with van der Waals surface area (Å²) in [4.78, 5) is 30.7. The second-order valence-corrected chi connectivity index (χ2v) is 8.58. The summed E-state index contributed by atoms with van der Waals surface area (Å²) in [6.07, 6.45) is 2.04. The average molecular weight is 419 g/mol. The highest BCUT2D eigenvalue weighted by molar-refractivity contribution is 6.45. The first kappa shape index (κ1) is 21.2. The highest BCUT2D eigenvalue weighted by Gasteiger charge is 2.43. The van der Waals surface area contributed by atoms with E-state index in [2.05, 4.69) is 17.9 Å². The number of anilines is 1. The Balaban J connectivity index is 1.78. The van der Waals surface area contributed by atoms with E-state index < -0.39 is 0 Å². The molecule has 4 rings (SSSR count). The summed E-state index contributed by atoms with van der Waals surface area (Å²) in [5.41, 5.74) is 4.61. The number of likely N-dealkylation sites (tertiary alicyclic amines) is 1. The Morgan fingerprint density at radius 3 is 2.26 bits per heavy atom. The van der Waals surface area contributed by atoms with Crippen molar-refractivity contribution < 1.29 is 14.3 Å². The van der Waals surface area contributed by atoms with Crippen molar-refractivity contribution in [3.8, 4) is 5.75 Å². The summed E-state index contributed by atoms with van der Waals surface area (Å²) in [7, 11) is 0. The van der Waals surface area contributed by atoms with Gasteiger partial charge in [0.15, 0.2) is 0 Å². The fraction of sp³-hybridized carbons (Fsp3) is 0.385. The van der Waals surface area contributed by atoms with Crippen molar-refractivity contribution in [1.82, 2.24) is 4.90 Å². The van der Waals surface area contributed by atoms with E-state index in [9.17, 15) is 9.59 Å². The van der Waals surface area contributed by atoms with Gasteiger partial charge < -0.3 is 9.64 Å². The highest BCUT2D eigenvalue weighted by atomic mass is 16.5. The lowest BCUT2D eigenvalue weighted by molar-refractivity contribution is -0.120. The predicted octanol–water partition coefficient (Wildman–Crippen LogP) is 4.72. The van der Waals surface area contributed by atoms with Crippen LogP contribution in [0.25, 0.3) is 5.57 Å². The molecule has 0 spiro atoms. The van der Waals surface area contributed by atoms with Crippen LogP contribution in [-0.2, 0) is 9.59 Å². The minimum absolute atomic E-state index is 0.237. The molecule has 0 aromatic heterocycles. The smallest absolute Gasteiger partial charge is 0.282 e. The van der Waals surface area contributed by atoms with E-state index in [4.69, 9.17) is 4.74 Å². The Bertz CT molecular complexity index is 1030. The fourth-order valence-electron chi connectivity index (χ4n) is 4.47. The highest BCUT2D eigenvalue weighted by Crippen LogP contribution is 2.38. The minimum Gasteiger partial charge on any atom is -0.494 e. The Morgan fingerprint density at radius 2 is 1.65 bits per heavy atom. The molecule has 2 aliphatic heterocycles. The van der Waals surface area contributed by atoms with Crippen LogP contribution in [0.2, 0.25) is 0 Å². The van der Waals surface area contributed by atoms with Crippen LogP contribution in [0.15, 0.2) is 48.2 Å². The number of nitrogens with zero attached hydrogens (tertiary/aromatic N) is 2. The SMILES string of the molecule is CCOc1ccc(N2C(=O)C(c3ccc(C)cc3C)=C(N3CCC(C)CC3)C2=O)cc1. The van der Waals surface area contributed by atoms with Gasteiger partial charge in [0.1, 0.15) is 11.4 Å². The predicted molar refractivity (Wildman–Crippen MR) is 123 cm³/mol. The van der Waals surface area contributed by atoms with Crippen molar-refractivity contribution >= 4 is 23.1 Å². The number of benzene rings is 2. The molecule has 0 atom stereocenters. The first-order chi connectivity index (χ1) is 14.9. The van der Waals surface area contributed by atoms with Gasteiger partial charge in [-0.1, -0.05) is 30.7 Å². The van der Waals surface area contributed by atoms with E-state index in [1.54, 1.807) is 24.3 Å². The van der Waals surface area contributed by atoms with Gasteiger partial charge >= 0.3 is 0 Å². The molecule has 0 bridgehead atoms. The molecule has 31 heavy (non-hydrogen) atoms. The zero-order chi connectivity index (χ0) is 22.1. The minimum atomic E-state index is -0.255. The molecule has 0 unspecified atom stereocenters. The lowest BCUT2D eigenvalue weighted by Crippen LogP contribution is -2.38. The van der Waals surface area contributed by atoms with Crippen LogP contribution in [0.3, 0.4) is 0 Å². The molecular weight excluding hydrogens is 388 g/mol. The van der Waals surface area contributed by atoms with Gasteiger partial charge in [0.25, 0.3) is 11.8 Å². The van der Waals surface area contributed by atoms with Crippen molar-refractivity contribution in [3.63, 3.8) is 0 Å². The first-order valence-electron chi connectivity index (χ1n) is 11.1. The maximum atomic E-state index is 13.7. The second-order valence-electron chi connectivity index (χ2n) is 8.58. The van der Waals surface area contributed by atoms with Crippen molar-refractivity contribution in [2.45, 2.75) is 40.5 Å². The summed E-state index contributed by atoms with van der Waals surface area (Å²) in [6.45, 7) is 10.4. The van der Waals surface area contributed by atoms with Crippen molar-refractivity contribution in [2.75, 3.05) is 24.6 Å². The van der Waals surface area contributed by atoms with Crippen LogP contribution in [0.1, 0.15) is 43.4 Å². The van der Waals surface area contributed by atoms with Crippen LogP contribution in [0, 0.1) is 19.8 Å². The maximum absolute atomic E-state index is 13.7. The van der Waals surface area contributed by atoms with Crippen LogP contribution in [0.5, 0.6) is 5.75 Å². The zero-order valence-corrected chi connectivity index (χ0v) is 18.8. The third-order valence-corrected chi connectivity index (χ3v) is 6.22. The largest absolute Gasteiger partial charge is 0.494 e. The first-order valence-corrected chi connectivity index (χ1v) is 11.1. The topological polar surface area (TPSA) is 49.9 Å². The molecule has 0 saturated carbocycles. The molecule has 0 N–H and O–H groups in total. The molecule has 1 fully saturated rings. The van der Waals surface area contributed by atoms with Gasteiger partial charge in [0.2, 0.25) is 0 Å². The quantitative estimate of drug-likeness (QED) is 0.660. The number of carbonyl (C=O) groups excluding carboxylic acids is 2. The van der Waals surface area contributed by atoms with Gasteiger partial charge in [-0.25, -0.2) is 4.90 Å². The monoisotopic (exact) mass is 418 g/mol. The van der Waals surface area contributed by atoms with Crippen molar-refractivity contribution in [3.05, 3.63) is 64.9 Å². The summed E-state index contributed by atoms with van der Waals surface area (Å²) >= 11 is 0. The van der Waals surface area contributed by atoms with Crippen LogP contribution < -0.4 is 9.64 Å². The molecule has 2 aromatic carbocycles. The van der Waals surface area contributed by atoms with Crippen LogP contribution >= 0.6 is 0 Å². The number of ether oxygens (including phenoxy) is 1. The lowest BCUT2D eigenvalue weighted by atomic mass is 9.95. The molecule has 2 aliphatic rings. The fourth-order valence-corrected chi connectivity index (χ4v) is 4.47. The van der Waals surface area contributed by atoms with E-state index in [0.717, 1.165) is 48.4 Å². The average Bonchev–Trinajstić information content (AvgIpc) is 3.00. The van der Waals surface area contributed by atoms with E-state index in [0.29, 0.717) is 29.5 Å². The molecule has 0 aliphatic carbocycles. The van der Waals surface area contributed by atoms with E-state index >= 15 is 0 Å². The number of hydrogen-bond donors (Lipinski definition) is 0. The number of piperidine rings is 1. The normalized spacial score (nSPS) is 17.7. The van der Waals surface area contributed by atoms with Gasteiger partial charge in [-0.3, -0.25) is 9.59 Å². The number of imide groups is 1. The molecular formula is C26H30N2O3. The lowest BCUT2D eigenvalue weighted by Gasteiger charge is -2.32. The van der Waals surface area contributed by atoms with Gasteiger partial charge in [-0.05, 0) is 74.9 Å². The van der Waals surface area contributed by atoms with Gasteiger partial charge in [0.05, 0.1) is 17.9 Å². The number of amides is 2. The molecule has 0 radical (unpaired) electrons.